The predicted octanol–water partition coefficient (Wildman–Crippen LogP) is 2.58. The third kappa shape index (κ3) is 4.40. The van der Waals surface area contributed by atoms with Crippen molar-refractivity contribution in [2.75, 3.05) is 20.1 Å². The summed E-state index contributed by atoms with van der Waals surface area (Å²) in [5.41, 5.74) is -1.50. The number of likely N-dealkylation sites (tertiary alicyclic amines) is 1. The lowest BCUT2D eigenvalue weighted by atomic mass is 9.90. The van der Waals surface area contributed by atoms with Crippen LogP contribution in [0, 0.1) is 0 Å². The molecule has 0 spiro atoms. The minimum absolute atomic E-state index is 0.171. The molecule has 24 heavy (non-hydrogen) atoms. The number of nitrogens with one attached hydrogen (secondary N) is 1. The molecule has 1 heterocycles. The number of benzene rings is 1. The van der Waals surface area contributed by atoms with Crippen LogP contribution in [-0.4, -0.2) is 48.2 Å². The third-order valence-electron chi connectivity index (χ3n) is 3.92. The zero-order chi connectivity index (χ0) is 17.8. The van der Waals surface area contributed by atoms with Gasteiger partial charge in [-0.15, -0.1) is 0 Å². The van der Waals surface area contributed by atoms with E-state index in [2.05, 4.69) is 5.32 Å². The lowest BCUT2D eigenvalue weighted by Gasteiger charge is -2.40. The maximum absolute atomic E-state index is 12.4. The summed E-state index contributed by atoms with van der Waals surface area (Å²) in [6, 6.07) is 9.27. The molecule has 2 amide bonds. The highest BCUT2D eigenvalue weighted by molar-refractivity contribution is 5.85. The summed E-state index contributed by atoms with van der Waals surface area (Å²) in [6.07, 6.45) is 0.481. The van der Waals surface area contributed by atoms with Crippen molar-refractivity contribution in [1.29, 1.82) is 0 Å². The quantitative estimate of drug-likeness (QED) is 0.922. The molecule has 0 bridgehead atoms. The van der Waals surface area contributed by atoms with Gasteiger partial charge in [0.25, 0.3) is 5.91 Å². The molecule has 1 aromatic carbocycles. The molecule has 0 unspecified atom stereocenters. The van der Waals surface area contributed by atoms with Crippen LogP contribution in [0.4, 0.5) is 4.79 Å². The zero-order valence-corrected chi connectivity index (χ0v) is 14.8. The number of nitrogens with zero attached hydrogens (tertiary/aromatic N) is 1. The van der Waals surface area contributed by atoms with E-state index in [1.165, 1.54) is 0 Å². The third-order valence-corrected chi connectivity index (χ3v) is 3.92. The van der Waals surface area contributed by atoms with Crippen LogP contribution >= 0.6 is 0 Å². The summed E-state index contributed by atoms with van der Waals surface area (Å²) in [7, 11) is 1.60. The van der Waals surface area contributed by atoms with Crippen LogP contribution in [0.25, 0.3) is 0 Å². The van der Waals surface area contributed by atoms with Gasteiger partial charge in [-0.2, -0.15) is 0 Å². The van der Waals surface area contributed by atoms with Crippen molar-refractivity contribution in [3.63, 3.8) is 0 Å². The summed E-state index contributed by atoms with van der Waals surface area (Å²) in [5, 5.41) is 2.68. The molecular formula is C18H26N2O4. The Labute approximate surface area is 143 Å². The van der Waals surface area contributed by atoms with Gasteiger partial charge in [-0.3, -0.25) is 4.79 Å². The average Bonchev–Trinajstić information content (AvgIpc) is 2.54. The van der Waals surface area contributed by atoms with Gasteiger partial charge >= 0.3 is 6.09 Å². The predicted molar refractivity (Wildman–Crippen MR) is 90.9 cm³/mol. The first kappa shape index (κ1) is 18.1. The molecule has 1 fully saturated rings. The summed E-state index contributed by atoms with van der Waals surface area (Å²) >= 11 is 0. The van der Waals surface area contributed by atoms with Crippen LogP contribution in [-0.2, 0) is 9.53 Å². The number of piperidine rings is 1. The van der Waals surface area contributed by atoms with E-state index in [0.29, 0.717) is 31.7 Å². The Morgan fingerprint density at radius 3 is 2.21 bits per heavy atom. The molecule has 0 aromatic heterocycles. The van der Waals surface area contributed by atoms with Gasteiger partial charge in [0.2, 0.25) is 0 Å². The number of hydrogen-bond acceptors (Lipinski definition) is 4. The standard InChI is InChI=1S/C18H26N2O4/c1-17(2,3)24-16(22)20-12-10-18(11-13-20,15(21)19-4)23-14-8-6-5-7-9-14/h5-9H,10-13H2,1-4H3,(H,19,21). The molecule has 1 aliphatic heterocycles. The zero-order valence-electron chi connectivity index (χ0n) is 14.8. The SMILES string of the molecule is CNC(=O)C1(Oc2ccccc2)CCN(C(=O)OC(C)(C)C)CC1. The highest BCUT2D eigenvalue weighted by Crippen LogP contribution is 2.30. The Kier molecular flexibility index (Phi) is 5.36. The van der Waals surface area contributed by atoms with Crippen molar-refractivity contribution in [2.24, 2.45) is 0 Å². The van der Waals surface area contributed by atoms with E-state index < -0.39 is 11.2 Å². The van der Waals surface area contributed by atoms with Crippen LogP contribution in [0.2, 0.25) is 0 Å². The second kappa shape index (κ2) is 7.11. The number of carbonyl (C=O) groups excluding carboxylic acids is 2. The van der Waals surface area contributed by atoms with Gasteiger partial charge in [-0.25, -0.2) is 4.79 Å². The number of rotatable bonds is 3. The van der Waals surface area contributed by atoms with E-state index in [-0.39, 0.29) is 12.0 Å². The molecule has 1 N–H and O–H groups in total. The van der Waals surface area contributed by atoms with Gasteiger partial charge in [0.15, 0.2) is 5.60 Å². The maximum atomic E-state index is 12.4. The number of likely N-dealkylation sites (N-methyl/N-ethyl adjacent to an activating group) is 1. The van der Waals surface area contributed by atoms with Crippen molar-refractivity contribution in [2.45, 2.75) is 44.8 Å². The molecule has 0 radical (unpaired) electrons. The number of ether oxygens (including phenoxy) is 2. The summed E-state index contributed by atoms with van der Waals surface area (Å²) in [6.45, 7) is 6.33. The summed E-state index contributed by atoms with van der Waals surface area (Å²) < 4.78 is 11.4. The molecule has 1 aliphatic rings. The van der Waals surface area contributed by atoms with Gasteiger partial charge < -0.3 is 19.7 Å². The molecule has 1 aromatic rings. The highest BCUT2D eigenvalue weighted by atomic mass is 16.6. The Hall–Kier alpha value is -2.24. The summed E-state index contributed by atoms with van der Waals surface area (Å²) in [4.78, 5) is 26.2. The molecule has 2 rings (SSSR count). The van der Waals surface area contributed by atoms with Crippen LogP contribution < -0.4 is 10.1 Å². The first-order chi connectivity index (χ1) is 11.3. The Morgan fingerprint density at radius 1 is 1.12 bits per heavy atom. The first-order valence-corrected chi connectivity index (χ1v) is 8.20. The number of carbonyl (C=O) groups is 2. The fourth-order valence-electron chi connectivity index (χ4n) is 2.69. The van der Waals surface area contributed by atoms with Gasteiger partial charge in [-0.05, 0) is 32.9 Å². The van der Waals surface area contributed by atoms with E-state index in [4.69, 9.17) is 9.47 Å². The number of amides is 2. The van der Waals surface area contributed by atoms with Gasteiger partial charge in [0.05, 0.1) is 0 Å². The van der Waals surface area contributed by atoms with Crippen molar-refractivity contribution in [3.05, 3.63) is 30.3 Å². The van der Waals surface area contributed by atoms with E-state index in [1.54, 1.807) is 11.9 Å². The van der Waals surface area contributed by atoms with Gasteiger partial charge in [0.1, 0.15) is 11.4 Å². The summed E-state index contributed by atoms with van der Waals surface area (Å²) in [5.74, 6) is 0.474. The van der Waals surface area contributed by atoms with Crippen molar-refractivity contribution in [1.82, 2.24) is 10.2 Å². The van der Waals surface area contributed by atoms with Gasteiger partial charge in [0, 0.05) is 33.0 Å². The Morgan fingerprint density at radius 2 is 1.71 bits per heavy atom. The molecule has 6 nitrogen and oxygen atoms in total. The molecule has 1 saturated heterocycles. The maximum Gasteiger partial charge on any atom is 0.410 e. The largest absolute Gasteiger partial charge is 0.477 e. The van der Waals surface area contributed by atoms with Crippen molar-refractivity contribution < 1.29 is 19.1 Å². The average molecular weight is 334 g/mol. The van der Waals surface area contributed by atoms with Crippen molar-refractivity contribution in [3.8, 4) is 5.75 Å². The number of para-hydroxylation sites is 1. The fraction of sp³-hybridized carbons (Fsp3) is 0.556. The van der Waals surface area contributed by atoms with E-state index >= 15 is 0 Å². The molecule has 0 atom stereocenters. The topological polar surface area (TPSA) is 67.9 Å². The molecular weight excluding hydrogens is 308 g/mol. The van der Waals surface area contributed by atoms with Crippen LogP contribution in [0.5, 0.6) is 5.75 Å². The highest BCUT2D eigenvalue weighted by Gasteiger charge is 2.44. The lowest BCUT2D eigenvalue weighted by Crippen LogP contribution is -2.57. The van der Waals surface area contributed by atoms with Crippen LogP contribution in [0.3, 0.4) is 0 Å². The Bertz CT molecular complexity index is 572. The second-order valence-electron chi connectivity index (χ2n) is 6.96. The van der Waals surface area contributed by atoms with Crippen LogP contribution in [0.1, 0.15) is 33.6 Å². The Balaban J connectivity index is 2.07. The van der Waals surface area contributed by atoms with Gasteiger partial charge in [-0.1, -0.05) is 18.2 Å². The first-order valence-electron chi connectivity index (χ1n) is 8.20. The van der Waals surface area contributed by atoms with Crippen molar-refractivity contribution >= 4 is 12.0 Å². The lowest BCUT2D eigenvalue weighted by molar-refractivity contribution is -0.140. The minimum Gasteiger partial charge on any atom is -0.477 e. The normalized spacial score (nSPS) is 17.1. The molecule has 0 aliphatic carbocycles. The minimum atomic E-state index is -0.964. The monoisotopic (exact) mass is 334 g/mol. The van der Waals surface area contributed by atoms with E-state index in [1.807, 2.05) is 51.1 Å². The van der Waals surface area contributed by atoms with E-state index in [0.717, 1.165) is 0 Å². The number of hydrogen-bond donors (Lipinski definition) is 1. The molecule has 0 saturated carbocycles. The van der Waals surface area contributed by atoms with Crippen LogP contribution in [0.15, 0.2) is 30.3 Å². The molecule has 132 valence electrons. The molecule has 6 heteroatoms. The smallest absolute Gasteiger partial charge is 0.410 e. The second-order valence-corrected chi connectivity index (χ2v) is 6.96. The van der Waals surface area contributed by atoms with E-state index in [9.17, 15) is 9.59 Å². The fourth-order valence-corrected chi connectivity index (χ4v) is 2.69.